The number of hydrogen-bond donors (Lipinski definition) is 0. The lowest BCUT2D eigenvalue weighted by Gasteiger charge is -2.39. The van der Waals surface area contributed by atoms with Crippen LogP contribution >= 0.6 is 11.6 Å². The van der Waals surface area contributed by atoms with Crippen molar-refractivity contribution in [1.82, 2.24) is 24.1 Å². The molecule has 0 aliphatic carbocycles. The molecule has 3 aromatic heterocycles. The third-order valence-corrected chi connectivity index (χ3v) is 6.74. The predicted molar refractivity (Wildman–Crippen MR) is 121 cm³/mol. The molecule has 4 aromatic rings. The molecular formula is C24H21ClF3N5O. The van der Waals surface area contributed by atoms with E-state index in [2.05, 4.69) is 10.1 Å². The lowest BCUT2D eigenvalue weighted by molar-refractivity contribution is 0.0538. The van der Waals surface area contributed by atoms with Crippen molar-refractivity contribution in [3.8, 4) is 11.3 Å². The van der Waals surface area contributed by atoms with E-state index in [1.165, 1.54) is 4.68 Å². The summed E-state index contributed by atoms with van der Waals surface area (Å²) in [4.78, 5) is 19.8. The second-order valence-electron chi connectivity index (χ2n) is 8.42. The minimum atomic E-state index is -1.51. The molecule has 1 aliphatic rings. The maximum absolute atomic E-state index is 14.0. The molecule has 1 aliphatic heterocycles. The van der Waals surface area contributed by atoms with Crippen LogP contribution in [0.1, 0.15) is 48.1 Å². The van der Waals surface area contributed by atoms with E-state index in [1.54, 1.807) is 34.7 Å². The van der Waals surface area contributed by atoms with E-state index in [-0.39, 0.29) is 28.4 Å². The van der Waals surface area contributed by atoms with Crippen LogP contribution in [-0.2, 0) is 13.5 Å². The highest BCUT2D eigenvalue weighted by molar-refractivity contribution is 6.32. The standard InChI is InChI=1S/C24H21ClF3N5O/c1-4-14-11-15-20(30-31(3)21(15)13-9-16(26)19(28)17(27)10-13)12(2)33(14)24(34)22-23(25)29-18-7-5-6-8-32(18)22/h5-10,12,14H,4,11H2,1-3H3. The minimum Gasteiger partial charge on any atom is -0.326 e. The zero-order valence-corrected chi connectivity index (χ0v) is 19.4. The van der Waals surface area contributed by atoms with Crippen molar-refractivity contribution in [1.29, 1.82) is 0 Å². The van der Waals surface area contributed by atoms with Gasteiger partial charge in [0.1, 0.15) is 5.65 Å². The third-order valence-electron chi connectivity index (χ3n) is 6.48. The number of carbonyl (C=O) groups excluding carboxylic acids is 1. The van der Waals surface area contributed by atoms with Gasteiger partial charge in [-0.1, -0.05) is 24.6 Å². The summed E-state index contributed by atoms with van der Waals surface area (Å²) in [5.41, 5.74) is 2.92. The number of pyridine rings is 1. The Morgan fingerprint density at radius 2 is 1.91 bits per heavy atom. The van der Waals surface area contributed by atoms with Crippen molar-refractivity contribution in [3.05, 3.63) is 76.1 Å². The van der Waals surface area contributed by atoms with Crippen LogP contribution in [-0.4, -0.2) is 36.0 Å². The first-order valence-electron chi connectivity index (χ1n) is 10.9. The molecule has 2 atom stereocenters. The van der Waals surface area contributed by atoms with E-state index in [0.29, 0.717) is 29.9 Å². The smallest absolute Gasteiger partial charge is 0.274 e. The number of aryl methyl sites for hydroxylation is 1. The van der Waals surface area contributed by atoms with Gasteiger partial charge in [-0.05, 0) is 44.0 Å². The SMILES string of the molecule is CCC1Cc2c(nn(C)c2-c2cc(F)c(F)c(F)c2)C(C)N1C(=O)c1c(Cl)nc2ccccn12. The van der Waals surface area contributed by atoms with E-state index in [4.69, 9.17) is 11.6 Å². The number of hydrogen-bond acceptors (Lipinski definition) is 3. The van der Waals surface area contributed by atoms with E-state index in [9.17, 15) is 18.0 Å². The van der Waals surface area contributed by atoms with Crippen LogP contribution in [0.25, 0.3) is 16.9 Å². The van der Waals surface area contributed by atoms with Gasteiger partial charge in [0, 0.05) is 30.4 Å². The van der Waals surface area contributed by atoms with Crippen LogP contribution in [0.15, 0.2) is 36.5 Å². The van der Waals surface area contributed by atoms with Crippen LogP contribution in [0, 0.1) is 17.5 Å². The summed E-state index contributed by atoms with van der Waals surface area (Å²) in [5.74, 6) is -4.32. The second-order valence-corrected chi connectivity index (χ2v) is 8.78. The molecule has 34 heavy (non-hydrogen) atoms. The van der Waals surface area contributed by atoms with Crippen molar-refractivity contribution in [2.45, 2.75) is 38.8 Å². The minimum absolute atomic E-state index is 0.114. The Balaban J connectivity index is 1.62. The van der Waals surface area contributed by atoms with Crippen LogP contribution < -0.4 is 0 Å². The molecule has 6 nitrogen and oxygen atoms in total. The molecule has 10 heteroatoms. The van der Waals surface area contributed by atoms with Crippen LogP contribution in [0.5, 0.6) is 0 Å². The van der Waals surface area contributed by atoms with E-state index >= 15 is 0 Å². The highest BCUT2D eigenvalue weighted by atomic mass is 35.5. The Morgan fingerprint density at radius 3 is 2.59 bits per heavy atom. The molecule has 1 aromatic carbocycles. The Bertz CT molecular complexity index is 1420. The van der Waals surface area contributed by atoms with Gasteiger partial charge < -0.3 is 4.90 Å². The molecule has 0 fully saturated rings. The number of imidazole rings is 1. The summed E-state index contributed by atoms with van der Waals surface area (Å²) in [7, 11) is 1.66. The molecule has 1 amide bonds. The van der Waals surface area contributed by atoms with Gasteiger partial charge in [-0.3, -0.25) is 13.9 Å². The number of benzene rings is 1. The fourth-order valence-corrected chi connectivity index (χ4v) is 5.18. The highest BCUT2D eigenvalue weighted by Crippen LogP contribution is 2.40. The Labute approximate surface area is 198 Å². The molecule has 0 saturated carbocycles. The number of fused-ring (bicyclic) bond motifs is 2. The zero-order chi connectivity index (χ0) is 24.3. The highest BCUT2D eigenvalue weighted by Gasteiger charge is 2.40. The molecule has 4 heterocycles. The Morgan fingerprint density at radius 1 is 1.21 bits per heavy atom. The molecule has 0 N–H and O–H groups in total. The van der Waals surface area contributed by atoms with Crippen LogP contribution in [0.3, 0.4) is 0 Å². The fraction of sp³-hybridized carbons (Fsp3) is 0.292. The Hall–Kier alpha value is -3.33. The molecule has 0 saturated heterocycles. The summed E-state index contributed by atoms with van der Waals surface area (Å²) in [5, 5.41) is 4.70. The summed E-state index contributed by atoms with van der Waals surface area (Å²) in [6.07, 6.45) is 2.78. The van der Waals surface area contributed by atoms with Gasteiger partial charge in [0.05, 0.1) is 17.4 Å². The van der Waals surface area contributed by atoms with Gasteiger partial charge >= 0.3 is 0 Å². The van der Waals surface area contributed by atoms with E-state index < -0.39 is 23.5 Å². The quantitative estimate of drug-likeness (QED) is 0.366. The summed E-state index contributed by atoms with van der Waals surface area (Å²) in [6, 6.07) is 6.65. The second kappa shape index (κ2) is 8.16. The largest absolute Gasteiger partial charge is 0.326 e. The summed E-state index contributed by atoms with van der Waals surface area (Å²) >= 11 is 6.37. The molecule has 0 bridgehead atoms. The van der Waals surface area contributed by atoms with Gasteiger partial charge in [-0.25, -0.2) is 18.2 Å². The molecular weight excluding hydrogens is 467 g/mol. The van der Waals surface area contributed by atoms with Gasteiger partial charge in [-0.2, -0.15) is 5.10 Å². The maximum Gasteiger partial charge on any atom is 0.274 e. The molecule has 5 rings (SSSR count). The predicted octanol–water partition coefficient (Wildman–Crippen LogP) is 5.34. The monoisotopic (exact) mass is 487 g/mol. The van der Waals surface area contributed by atoms with Crippen molar-refractivity contribution >= 4 is 23.2 Å². The van der Waals surface area contributed by atoms with Crippen molar-refractivity contribution in [2.24, 2.45) is 7.05 Å². The number of aromatic nitrogens is 4. The molecule has 2 unspecified atom stereocenters. The van der Waals surface area contributed by atoms with E-state index in [1.807, 2.05) is 19.9 Å². The number of rotatable bonds is 3. The summed E-state index contributed by atoms with van der Waals surface area (Å²) < 4.78 is 44.7. The molecule has 0 spiro atoms. The van der Waals surface area contributed by atoms with Crippen molar-refractivity contribution < 1.29 is 18.0 Å². The average molecular weight is 488 g/mol. The summed E-state index contributed by atoms with van der Waals surface area (Å²) in [6.45, 7) is 3.82. The maximum atomic E-state index is 14.0. The third kappa shape index (κ3) is 3.29. The zero-order valence-electron chi connectivity index (χ0n) is 18.7. The lowest BCUT2D eigenvalue weighted by atomic mass is 9.89. The lowest BCUT2D eigenvalue weighted by Crippen LogP contribution is -2.46. The Kier molecular flexibility index (Phi) is 5.39. The van der Waals surface area contributed by atoms with Gasteiger partial charge in [0.15, 0.2) is 28.3 Å². The van der Waals surface area contributed by atoms with Crippen molar-refractivity contribution in [2.75, 3.05) is 0 Å². The topological polar surface area (TPSA) is 55.4 Å². The number of carbonyl (C=O) groups is 1. The normalized spacial score (nSPS) is 17.9. The average Bonchev–Trinajstić information content (AvgIpc) is 3.32. The number of halogens is 4. The van der Waals surface area contributed by atoms with Gasteiger partial charge in [0.25, 0.3) is 5.91 Å². The fourth-order valence-electron chi connectivity index (χ4n) is 4.92. The van der Waals surface area contributed by atoms with Crippen LogP contribution in [0.4, 0.5) is 13.2 Å². The molecule has 0 radical (unpaired) electrons. The molecule has 176 valence electrons. The van der Waals surface area contributed by atoms with Gasteiger partial charge in [0.2, 0.25) is 0 Å². The van der Waals surface area contributed by atoms with Gasteiger partial charge in [-0.15, -0.1) is 0 Å². The first kappa shape index (κ1) is 22.5. The first-order valence-corrected chi connectivity index (χ1v) is 11.3. The van der Waals surface area contributed by atoms with E-state index in [0.717, 1.165) is 17.7 Å². The number of nitrogens with zero attached hydrogens (tertiary/aromatic N) is 5. The first-order chi connectivity index (χ1) is 16.2. The van der Waals surface area contributed by atoms with Crippen molar-refractivity contribution in [3.63, 3.8) is 0 Å². The van der Waals surface area contributed by atoms with Crippen LogP contribution in [0.2, 0.25) is 5.15 Å². The number of amides is 1.